The number of hydrogen-bond donors (Lipinski definition) is 0. The van der Waals surface area contributed by atoms with Gasteiger partial charge in [0.1, 0.15) is 5.75 Å². The molecule has 3 aromatic rings. The molecule has 2 fully saturated rings. The number of epoxide rings is 1. The third kappa shape index (κ3) is 4.65. The van der Waals surface area contributed by atoms with Crippen LogP contribution in [0.15, 0.2) is 78.9 Å². The number of methoxy groups -OCH3 is 1. The van der Waals surface area contributed by atoms with Crippen LogP contribution in [0.2, 0.25) is 5.04 Å². The van der Waals surface area contributed by atoms with Crippen molar-refractivity contribution in [3.05, 3.63) is 90.0 Å². The molecular formula is C34H42O3Si. The predicted molar refractivity (Wildman–Crippen MR) is 157 cm³/mol. The summed E-state index contributed by atoms with van der Waals surface area (Å²) in [7, 11) is -0.805. The van der Waals surface area contributed by atoms with E-state index in [1.165, 1.54) is 27.9 Å². The van der Waals surface area contributed by atoms with Crippen molar-refractivity contribution in [3.63, 3.8) is 0 Å². The molecular weight excluding hydrogens is 484 g/mol. The van der Waals surface area contributed by atoms with Crippen LogP contribution in [0.5, 0.6) is 5.75 Å². The summed E-state index contributed by atoms with van der Waals surface area (Å²) in [5.41, 5.74) is 2.90. The first kappa shape index (κ1) is 25.9. The van der Waals surface area contributed by atoms with Crippen LogP contribution in [0, 0.1) is 17.8 Å². The van der Waals surface area contributed by atoms with Crippen molar-refractivity contribution < 1.29 is 13.9 Å². The Hall–Kier alpha value is -2.40. The van der Waals surface area contributed by atoms with Gasteiger partial charge in [-0.2, -0.15) is 0 Å². The van der Waals surface area contributed by atoms with E-state index in [0.717, 1.165) is 38.0 Å². The molecule has 0 unspecified atom stereocenters. The largest absolute Gasteiger partial charge is 0.496 e. The van der Waals surface area contributed by atoms with Crippen LogP contribution in [-0.2, 0) is 22.0 Å². The summed E-state index contributed by atoms with van der Waals surface area (Å²) < 4.78 is 19.3. The molecule has 4 heteroatoms. The number of hydrogen-bond acceptors (Lipinski definition) is 3. The molecule has 0 bridgehead atoms. The van der Waals surface area contributed by atoms with Gasteiger partial charge in [0.15, 0.2) is 0 Å². The molecule has 0 N–H and O–H groups in total. The molecule has 1 aliphatic heterocycles. The maximum absolute atomic E-state index is 7.82. The molecule has 0 amide bonds. The van der Waals surface area contributed by atoms with Crippen molar-refractivity contribution in [2.24, 2.45) is 17.8 Å². The van der Waals surface area contributed by atoms with E-state index in [1.54, 1.807) is 0 Å². The average Bonchev–Trinajstić information content (AvgIpc) is 3.70. The van der Waals surface area contributed by atoms with Crippen molar-refractivity contribution in [1.29, 1.82) is 0 Å². The highest BCUT2D eigenvalue weighted by atomic mass is 28.4. The van der Waals surface area contributed by atoms with E-state index in [1.807, 2.05) is 7.11 Å². The highest BCUT2D eigenvalue weighted by Crippen LogP contribution is 2.51. The minimum atomic E-state index is -2.61. The molecule has 2 aliphatic carbocycles. The molecule has 6 rings (SSSR count). The Labute approximate surface area is 229 Å². The van der Waals surface area contributed by atoms with Gasteiger partial charge in [0, 0.05) is 6.10 Å². The fourth-order valence-corrected chi connectivity index (χ4v) is 12.4. The molecule has 38 heavy (non-hydrogen) atoms. The lowest BCUT2D eigenvalue weighted by molar-refractivity contribution is 0.120. The van der Waals surface area contributed by atoms with Crippen LogP contribution in [0.4, 0.5) is 0 Å². The molecule has 3 aliphatic rings. The van der Waals surface area contributed by atoms with E-state index in [9.17, 15) is 0 Å². The maximum Gasteiger partial charge on any atom is 0.261 e. The van der Waals surface area contributed by atoms with Gasteiger partial charge in [0.25, 0.3) is 8.32 Å². The summed E-state index contributed by atoms with van der Waals surface area (Å²) in [6.07, 6.45) is 6.40. The summed E-state index contributed by atoms with van der Waals surface area (Å²) in [5.74, 6) is 2.88. The lowest BCUT2D eigenvalue weighted by Gasteiger charge is -2.46. The van der Waals surface area contributed by atoms with Crippen LogP contribution in [0.25, 0.3) is 0 Å². The van der Waals surface area contributed by atoms with Crippen LogP contribution < -0.4 is 15.1 Å². The molecule has 1 saturated heterocycles. The molecule has 0 aromatic heterocycles. The van der Waals surface area contributed by atoms with E-state index >= 15 is 0 Å². The van der Waals surface area contributed by atoms with Gasteiger partial charge in [-0.3, -0.25) is 0 Å². The predicted octanol–water partition coefficient (Wildman–Crippen LogP) is 6.17. The van der Waals surface area contributed by atoms with Gasteiger partial charge in [-0.05, 0) is 82.5 Å². The van der Waals surface area contributed by atoms with Gasteiger partial charge >= 0.3 is 0 Å². The Bertz CT molecular complexity index is 1190. The van der Waals surface area contributed by atoms with Gasteiger partial charge in [0.2, 0.25) is 0 Å². The monoisotopic (exact) mass is 526 g/mol. The van der Waals surface area contributed by atoms with E-state index < -0.39 is 8.32 Å². The van der Waals surface area contributed by atoms with E-state index in [2.05, 4.69) is 99.6 Å². The quantitative estimate of drug-likeness (QED) is 0.260. The number of benzene rings is 3. The van der Waals surface area contributed by atoms with E-state index in [4.69, 9.17) is 13.9 Å². The second-order valence-electron chi connectivity index (χ2n) is 12.7. The summed E-state index contributed by atoms with van der Waals surface area (Å²) in [5, 5.41) is 2.74. The standard InChI is InChI=1S/C34H42O3Si/c1-34(2,3)38(27-13-7-5-8-14-27,28-15-9-6-10-16-28)37-33-22-25-21-31-24(12-11-17-32(31)35-4)20-30(25)29(33)19-18-26-23-36-26/h5-17,25-26,29-30,33H,18-23H2,1-4H3/t25-,26+,29+,30-,33+/m0/s1. The third-order valence-electron chi connectivity index (χ3n) is 9.51. The van der Waals surface area contributed by atoms with Crippen LogP contribution in [-0.4, -0.2) is 34.2 Å². The summed E-state index contributed by atoms with van der Waals surface area (Å²) in [6, 6.07) is 28.9. The first-order valence-electron chi connectivity index (χ1n) is 14.5. The van der Waals surface area contributed by atoms with Crippen LogP contribution in [0.3, 0.4) is 0 Å². The van der Waals surface area contributed by atoms with E-state index in [-0.39, 0.29) is 11.1 Å². The first-order valence-corrected chi connectivity index (χ1v) is 16.4. The SMILES string of the molecule is COc1cccc2c1C[C@H]1C[C@@H](O[Si](c3ccccc3)(c3ccccc3)C(C)(C)C)[C@H](CC[C@@H]3CO3)[C@H]1C2. The third-order valence-corrected chi connectivity index (χ3v) is 14.6. The summed E-state index contributed by atoms with van der Waals surface area (Å²) in [6.45, 7) is 8.13. The number of rotatable bonds is 8. The average molecular weight is 527 g/mol. The smallest absolute Gasteiger partial charge is 0.261 e. The molecule has 1 saturated carbocycles. The van der Waals surface area contributed by atoms with Gasteiger partial charge in [-0.25, -0.2) is 0 Å². The highest BCUT2D eigenvalue weighted by Gasteiger charge is 2.55. The fraction of sp³-hybridized carbons (Fsp3) is 0.471. The van der Waals surface area contributed by atoms with Crippen LogP contribution >= 0.6 is 0 Å². The number of fused-ring (bicyclic) bond motifs is 2. The highest BCUT2D eigenvalue weighted by molar-refractivity contribution is 6.99. The topological polar surface area (TPSA) is 31.0 Å². The van der Waals surface area contributed by atoms with Gasteiger partial charge in [-0.1, -0.05) is 93.6 Å². The Kier molecular flexibility index (Phi) is 7.00. The zero-order valence-electron chi connectivity index (χ0n) is 23.4. The minimum Gasteiger partial charge on any atom is -0.496 e. The fourth-order valence-electron chi connectivity index (χ4n) is 7.63. The lowest BCUT2D eigenvalue weighted by Crippen LogP contribution is -2.68. The van der Waals surface area contributed by atoms with Crippen LogP contribution in [0.1, 0.15) is 51.2 Å². The normalized spacial score (nSPS) is 26.5. The van der Waals surface area contributed by atoms with Crippen molar-refractivity contribution in [2.75, 3.05) is 13.7 Å². The molecule has 3 nitrogen and oxygen atoms in total. The maximum atomic E-state index is 7.82. The second kappa shape index (κ2) is 10.3. The lowest BCUT2D eigenvalue weighted by atomic mass is 9.73. The summed E-state index contributed by atoms with van der Waals surface area (Å²) >= 11 is 0. The Balaban J connectivity index is 1.40. The van der Waals surface area contributed by atoms with Gasteiger partial charge < -0.3 is 13.9 Å². The zero-order chi connectivity index (χ0) is 26.3. The van der Waals surface area contributed by atoms with Crippen molar-refractivity contribution in [3.8, 4) is 5.75 Å². The summed E-state index contributed by atoms with van der Waals surface area (Å²) in [4.78, 5) is 0. The van der Waals surface area contributed by atoms with Gasteiger partial charge in [0.05, 0.1) is 19.8 Å². The van der Waals surface area contributed by atoms with E-state index in [0.29, 0.717) is 23.9 Å². The molecule has 3 aromatic carbocycles. The first-order chi connectivity index (χ1) is 18.4. The Morgan fingerprint density at radius 3 is 2.08 bits per heavy atom. The molecule has 0 spiro atoms. The Morgan fingerprint density at radius 1 is 0.842 bits per heavy atom. The zero-order valence-corrected chi connectivity index (χ0v) is 24.4. The van der Waals surface area contributed by atoms with Crippen molar-refractivity contribution >= 4 is 18.7 Å². The van der Waals surface area contributed by atoms with Crippen molar-refractivity contribution in [2.45, 2.75) is 70.1 Å². The Morgan fingerprint density at radius 2 is 1.50 bits per heavy atom. The minimum absolute atomic E-state index is 0.0141. The molecule has 1 heterocycles. The van der Waals surface area contributed by atoms with Gasteiger partial charge in [-0.15, -0.1) is 0 Å². The molecule has 0 radical (unpaired) electrons. The molecule has 200 valence electrons. The number of ether oxygens (including phenoxy) is 2. The molecule has 5 atom stereocenters. The van der Waals surface area contributed by atoms with Crippen molar-refractivity contribution in [1.82, 2.24) is 0 Å². The second-order valence-corrected chi connectivity index (χ2v) is 16.9.